The van der Waals surface area contributed by atoms with Gasteiger partial charge in [0, 0.05) is 24.5 Å². The molecule has 0 heterocycles. The second-order valence-corrected chi connectivity index (χ2v) is 8.74. The van der Waals surface area contributed by atoms with Crippen LogP contribution in [0.4, 0.5) is 4.39 Å². The number of carbonyl (C=O) groups excluding carboxylic acids is 2. The highest BCUT2D eigenvalue weighted by molar-refractivity contribution is 6.30. The maximum atomic E-state index is 13.6. The Hall–Kier alpha value is -3.18. The summed E-state index contributed by atoms with van der Waals surface area (Å²) in [6, 6.07) is 22.1. The van der Waals surface area contributed by atoms with Gasteiger partial charge < -0.3 is 10.2 Å². The lowest BCUT2D eigenvalue weighted by Crippen LogP contribution is -2.51. The van der Waals surface area contributed by atoms with Gasteiger partial charge in [0.05, 0.1) is 6.42 Å². The fraction of sp³-hybridized carbons (Fsp3) is 0.286. The Morgan fingerprint density at radius 2 is 1.56 bits per heavy atom. The van der Waals surface area contributed by atoms with Gasteiger partial charge in [-0.1, -0.05) is 79.5 Å². The molecule has 0 spiro atoms. The molecule has 0 aliphatic carbocycles. The maximum absolute atomic E-state index is 13.6. The summed E-state index contributed by atoms with van der Waals surface area (Å²) in [5, 5.41) is 3.60. The third-order valence-electron chi connectivity index (χ3n) is 5.64. The Kier molecular flexibility index (Phi) is 9.65. The Balaban J connectivity index is 1.92. The van der Waals surface area contributed by atoms with Gasteiger partial charge in [-0.15, -0.1) is 0 Å². The molecule has 34 heavy (non-hydrogen) atoms. The molecular formula is C28H30ClFN2O2. The molecule has 0 saturated carbocycles. The zero-order valence-corrected chi connectivity index (χ0v) is 20.1. The third kappa shape index (κ3) is 7.70. The largest absolute Gasteiger partial charge is 0.354 e. The van der Waals surface area contributed by atoms with E-state index in [0.717, 1.165) is 24.0 Å². The average molecular weight is 481 g/mol. The fourth-order valence-electron chi connectivity index (χ4n) is 3.73. The first-order valence-electron chi connectivity index (χ1n) is 11.6. The predicted molar refractivity (Wildman–Crippen MR) is 134 cm³/mol. The SMILES string of the molecule is CCCCNC(=O)[C@H](Cc1ccccc1)N(Cc1ccc(Cl)cc1)C(=O)Cc1ccc(F)cc1. The monoisotopic (exact) mass is 480 g/mol. The van der Waals surface area contributed by atoms with E-state index in [-0.39, 0.29) is 30.6 Å². The number of hydrogen-bond acceptors (Lipinski definition) is 2. The molecule has 178 valence electrons. The molecule has 0 fully saturated rings. The molecule has 2 amide bonds. The lowest BCUT2D eigenvalue weighted by Gasteiger charge is -2.31. The average Bonchev–Trinajstić information content (AvgIpc) is 2.84. The second kappa shape index (κ2) is 12.9. The normalized spacial score (nSPS) is 11.6. The van der Waals surface area contributed by atoms with Crippen molar-refractivity contribution in [2.45, 2.75) is 45.2 Å². The van der Waals surface area contributed by atoms with E-state index in [1.165, 1.54) is 12.1 Å². The Bertz CT molecular complexity index is 1060. The van der Waals surface area contributed by atoms with Crippen LogP contribution in [0.2, 0.25) is 5.02 Å². The summed E-state index contributed by atoms with van der Waals surface area (Å²) in [5.74, 6) is -0.738. The van der Waals surface area contributed by atoms with E-state index >= 15 is 0 Å². The molecule has 3 aromatic rings. The van der Waals surface area contributed by atoms with Crippen LogP contribution in [0.5, 0.6) is 0 Å². The summed E-state index contributed by atoms with van der Waals surface area (Å²) < 4.78 is 13.4. The summed E-state index contributed by atoms with van der Waals surface area (Å²) in [4.78, 5) is 28.5. The summed E-state index contributed by atoms with van der Waals surface area (Å²) in [6.45, 7) is 2.88. The van der Waals surface area contributed by atoms with Gasteiger partial charge in [-0.05, 0) is 47.4 Å². The Morgan fingerprint density at radius 1 is 0.912 bits per heavy atom. The van der Waals surface area contributed by atoms with Crippen LogP contribution in [-0.4, -0.2) is 29.3 Å². The van der Waals surface area contributed by atoms with E-state index < -0.39 is 6.04 Å². The molecule has 0 bridgehead atoms. The number of hydrogen-bond donors (Lipinski definition) is 1. The quantitative estimate of drug-likeness (QED) is 0.364. The summed E-state index contributed by atoms with van der Waals surface area (Å²) in [7, 11) is 0. The van der Waals surface area contributed by atoms with E-state index in [4.69, 9.17) is 11.6 Å². The van der Waals surface area contributed by atoms with Crippen molar-refractivity contribution in [3.05, 3.63) is 106 Å². The fourth-order valence-corrected chi connectivity index (χ4v) is 3.85. The predicted octanol–water partition coefficient (Wildman–Crippen LogP) is 5.58. The van der Waals surface area contributed by atoms with E-state index in [1.807, 2.05) is 42.5 Å². The minimum atomic E-state index is -0.692. The third-order valence-corrected chi connectivity index (χ3v) is 5.89. The number of carbonyl (C=O) groups is 2. The number of rotatable bonds is 11. The van der Waals surface area contributed by atoms with Gasteiger partial charge in [-0.2, -0.15) is 0 Å². The zero-order chi connectivity index (χ0) is 24.3. The molecule has 3 aromatic carbocycles. The molecule has 0 aliphatic rings. The molecule has 0 saturated heterocycles. The van der Waals surface area contributed by atoms with Gasteiger partial charge in [0.25, 0.3) is 0 Å². The lowest BCUT2D eigenvalue weighted by molar-refractivity contribution is -0.140. The van der Waals surface area contributed by atoms with E-state index in [9.17, 15) is 14.0 Å². The lowest BCUT2D eigenvalue weighted by atomic mass is 10.0. The van der Waals surface area contributed by atoms with Crippen molar-refractivity contribution in [3.63, 3.8) is 0 Å². The van der Waals surface area contributed by atoms with Crippen LogP contribution < -0.4 is 5.32 Å². The molecular weight excluding hydrogens is 451 g/mol. The van der Waals surface area contributed by atoms with Crippen LogP contribution in [-0.2, 0) is 29.0 Å². The van der Waals surface area contributed by atoms with Crippen molar-refractivity contribution < 1.29 is 14.0 Å². The van der Waals surface area contributed by atoms with Crippen LogP contribution in [0, 0.1) is 5.82 Å². The Labute approximate surface area is 205 Å². The van der Waals surface area contributed by atoms with Crippen molar-refractivity contribution >= 4 is 23.4 Å². The molecule has 0 aliphatic heterocycles. The topological polar surface area (TPSA) is 49.4 Å². The number of halogens is 2. The van der Waals surface area contributed by atoms with Gasteiger partial charge in [0.2, 0.25) is 11.8 Å². The van der Waals surface area contributed by atoms with Crippen molar-refractivity contribution in [1.29, 1.82) is 0 Å². The molecule has 0 radical (unpaired) electrons. The molecule has 6 heteroatoms. The number of nitrogens with one attached hydrogen (secondary N) is 1. The van der Waals surface area contributed by atoms with Crippen LogP contribution in [0.1, 0.15) is 36.5 Å². The Morgan fingerprint density at radius 3 is 2.21 bits per heavy atom. The van der Waals surface area contributed by atoms with Gasteiger partial charge in [-0.25, -0.2) is 4.39 Å². The van der Waals surface area contributed by atoms with Gasteiger partial charge in [0.1, 0.15) is 11.9 Å². The van der Waals surface area contributed by atoms with Crippen molar-refractivity contribution in [3.8, 4) is 0 Å². The highest BCUT2D eigenvalue weighted by Gasteiger charge is 2.30. The molecule has 0 aromatic heterocycles. The molecule has 1 N–H and O–H groups in total. The minimum absolute atomic E-state index is 0.0708. The maximum Gasteiger partial charge on any atom is 0.243 e. The number of amides is 2. The first-order chi connectivity index (χ1) is 16.5. The van der Waals surface area contributed by atoms with E-state index in [0.29, 0.717) is 23.6 Å². The van der Waals surface area contributed by atoms with Crippen molar-refractivity contribution in [2.75, 3.05) is 6.54 Å². The zero-order valence-electron chi connectivity index (χ0n) is 19.3. The summed E-state index contributed by atoms with van der Waals surface area (Å²) in [6.07, 6.45) is 2.29. The first-order valence-corrected chi connectivity index (χ1v) is 11.9. The van der Waals surface area contributed by atoms with Gasteiger partial charge >= 0.3 is 0 Å². The van der Waals surface area contributed by atoms with Gasteiger partial charge in [0.15, 0.2) is 0 Å². The van der Waals surface area contributed by atoms with Crippen molar-refractivity contribution in [2.24, 2.45) is 0 Å². The highest BCUT2D eigenvalue weighted by atomic mass is 35.5. The van der Waals surface area contributed by atoms with Crippen molar-refractivity contribution in [1.82, 2.24) is 10.2 Å². The second-order valence-electron chi connectivity index (χ2n) is 8.30. The van der Waals surface area contributed by atoms with Gasteiger partial charge in [-0.3, -0.25) is 9.59 Å². The van der Waals surface area contributed by atoms with Crippen LogP contribution in [0.25, 0.3) is 0 Å². The number of unbranched alkanes of at least 4 members (excludes halogenated alkanes) is 1. The molecule has 0 unspecified atom stereocenters. The van der Waals surface area contributed by atoms with Crippen LogP contribution in [0.15, 0.2) is 78.9 Å². The summed E-state index contributed by atoms with van der Waals surface area (Å²) in [5.41, 5.74) is 2.53. The first kappa shape index (κ1) is 25.4. The van der Waals surface area contributed by atoms with Crippen LogP contribution >= 0.6 is 11.6 Å². The van der Waals surface area contributed by atoms with Crippen LogP contribution in [0.3, 0.4) is 0 Å². The molecule has 1 atom stereocenters. The minimum Gasteiger partial charge on any atom is -0.354 e. The molecule has 4 nitrogen and oxygen atoms in total. The van der Waals surface area contributed by atoms with E-state index in [2.05, 4.69) is 12.2 Å². The highest BCUT2D eigenvalue weighted by Crippen LogP contribution is 2.18. The smallest absolute Gasteiger partial charge is 0.243 e. The molecule has 3 rings (SSSR count). The van der Waals surface area contributed by atoms with E-state index in [1.54, 1.807) is 29.2 Å². The standard InChI is InChI=1S/C28H30ClFN2O2/c1-2-3-17-31-28(34)26(18-21-7-5-4-6-8-21)32(20-23-9-13-24(29)14-10-23)27(33)19-22-11-15-25(30)16-12-22/h4-16,26H,2-3,17-20H2,1H3,(H,31,34)/t26-/m0/s1. The number of nitrogens with zero attached hydrogens (tertiary/aromatic N) is 1. The summed E-state index contributed by atoms with van der Waals surface area (Å²) >= 11 is 6.05. The number of benzene rings is 3.